The molecule has 0 amide bonds. The number of nitrogens with zero attached hydrogens (tertiary/aromatic N) is 2. The SMILES string of the molecule is Fc1ccccc1C(/N=C/c1ccccn1)c1ccccc1F. The molecule has 4 heteroatoms. The standard InChI is InChI=1S/C19H14F2N2/c20-17-10-3-1-8-15(17)19(16-9-2-4-11-18(16)21)23-13-14-7-5-6-12-22-14/h1-13,19H/b23-13+. The van der Waals surface area contributed by atoms with Gasteiger partial charge >= 0.3 is 0 Å². The van der Waals surface area contributed by atoms with Gasteiger partial charge in [-0.1, -0.05) is 42.5 Å². The van der Waals surface area contributed by atoms with Crippen molar-refractivity contribution >= 4 is 6.21 Å². The number of hydrogen-bond donors (Lipinski definition) is 0. The van der Waals surface area contributed by atoms with Gasteiger partial charge in [0.05, 0.1) is 5.69 Å². The number of benzene rings is 2. The second-order valence-electron chi connectivity index (χ2n) is 4.98. The molecule has 0 saturated carbocycles. The van der Waals surface area contributed by atoms with Crippen molar-refractivity contribution in [2.75, 3.05) is 0 Å². The average molecular weight is 308 g/mol. The summed E-state index contributed by atoms with van der Waals surface area (Å²) in [7, 11) is 0. The number of aliphatic imine (C=N–C) groups is 1. The molecular weight excluding hydrogens is 294 g/mol. The van der Waals surface area contributed by atoms with Crippen molar-refractivity contribution in [3.8, 4) is 0 Å². The molecule has 0 aliphatic carbocycles. The van der Waals surface area contributed by atoms with Crippen molar-refractivity contribution in [1.82, 2.24) is 4.98 Å². The van der Waals surface area contributed by atoms with Crippen LogP contribution in [-0.4, -0.2) is 11.2 Å². The van der Waals surface area contributed by atoms with E-state index in [4.69, 9.17) is 0 Å². The predicted molar refractivity (Wildman–Crippen MR) is 86.5 cm³/mol. The zero-order chi connectivity index (χ0) is 16.1. The van der Waals surface area contributed by atoms with Crippen LogP contribution >= 0.6 is 0 Å². The summed E-state index contributed by atoms with van der Waals surface area (Å²) in [6.07, 6.45) is 3.17. The summed E-state index contributed by atoms with van der Waals surface area (Å²) in [5.41, 5.74) is 1.28. The lowest BCUT2D eigenvalue weighted by molar-refractivity contribution is 0.577. The Morgan fingerprint density at radius 1 is 0.783 bits per heavy atom. The van der Waals surface area contributed by atoms with E-state index in [1.807, 2.05) is 6.07 Å². The molecule has 114 valence electrons. The summed E-state index contributed by atoms with van der Waals surface area (Å²) >= 11 is 0. The normalized spacial score (nSPS) is 11.3. The Bertz CT molecular complexity index is 771. The van der Waals surface area contributed by atoms with Crippen LogP contribution in [0, 0.1) is 11.6 Å². The Hall–Kier alpha value is -2.88. The number of pyridine rings is 1. The third kappa shape index (κ3) is 3.48. The van der Waals surface area contributed by atoms with E-state index in [2.05, 4.69) is 9.98 Å². The smallest absolute Gasteiger partial charge is 0.128 e. The van der Waals surface area contributed by atoms with E-state index in [1.54, 1.807) is 54.7 Å². The molecule has 0 aliphatic rings. The molecule has 0 radical (unpaired) electrons. The summed E-state index contributed by atoms with van der Waals surface area (Å²) in [6.45, 7) is 0. The highest BCUT2D eigenvalue weighted by atomic mass is 19.1. The number of halogens is 2. The molecular formula is C19H14F2N2. The fraction of sp³-hybridized carbons (Fsp3) is 0.0526. The molecule has 23 heavy (non-hydrogen) atoms. The number of rotatable bonds is 4. The lowest BCUT2D eigenvalue weighted by Gasteiger charge is -2.15. The van der Waals surface area contributed by atoms with Crippen LogP contribution in [0.25, 0.3) is 0 Å². The molecule has 0 spiro atoms. The molecule has 2 aromatic carbocycles. The van der Waals surface area contributed by atoms with Crippen LogP contribution in [0.15, 0.2) is 77.9 Å². The molecule has 3 aromatic rings. The maximum Gasteiger partial charge on any atom is 0.128 e. The van der Waals surface area contributed by atoms with Crippen LogP contribution in [0.2, 0.25) is 0 Å². The van der Waals surface area contributed by atoms with Crippen molar-refractivity contribution in [3.05, 3.63) is 101 Å². The van der Waals surface area contributed by atoms with Crippen molar-refractivity contribution in [2.24, 2.45) is 4.99 Å². The zero-order valence-corrected chi connectivity index (χ0v) is 12.2. The van der Waals surface area contributed by atoms with Gasteiger partial charge in [-0.15, -0.1) is 0 Å². The molecule has 0 aliphatic heterocycles. The third-order valence-electron chi connectivity index (χ3n) is 3.44. The van der Waals surface area contributed by atoms with Gasteiger partial charge in [-0.3, -0.25) is 9.98 Å². The van der Waals surface area contributed by atoms with Crippen molar-refractivity contribution in [3.63, 3.8) is 0 Å². The average Bonchev–Trinajstić information content (AvgIpc) is 2.59. The highest BCUT2D eigenvalue weighted by Crippen LogP contribution is 2.29. The first-order valence-corrected chi connectivity index (χ1v) is 7.19. The second kappa shape index (κ2) is 6.92. The molecule has 3 rings (SSSR count). The van der Waals surface area contributed by atoms with Gasteiger partial charge in [0.15, 0.2) is 0 Å². The largest absolute Gasteiger partial charge is 0.278 e. The van der Waals surface area contributed by atoms with Crippen molar-refractivity contribution < 1.29 is 8.78 Å². The summed E-state index contributed by atoms with van der Waals surface area (Å²) in [5, 5.41) is 0. The molecule has 0 bridgehead atoms. The van der Waals surface area contributed by atoms with Gasteiger partial charge in [0, 0.05) is 23.5 Å². The molecule has 2 nitrogen and oxygen atoms in total. The van der Waals surface area contributed by atoms with Crippen LogP contribution in [0.4, 0.5) is 8.78 Å². The first kappa shape index (κ1) is 15.0. The van der Waals surface area contributed by atoms with Crippen LogP contribution in [0.3, 0.4) is 0 Å². The van der Waals surface area contributed by atoms with E-state index >= 15 is 0 Å². The lowest BCUT2D eigenvalue weighted by Crippen LogP contribution is -2.04. The van der Waals surface area contributed by atoms with E-state index in [9.17, 15) is 8.78 Å². The Labute approximate surface area is 133 Å². The fourth-order valence-corrected chi connectivity index (χ4v) is 2.33. The van der Waals surface area contributed by atoms with Gasteiger partial charge in [-0.2, -0.15) is 0 Å². The van der Waals surface area contributed by atoms with E-state index in [0.717, 1.165) is 0 Å². The monoisotopic (exact) mass is 308 g/mol. The lowest BCUT2D eigenvalue weighted by atomic mass is 9.98. The van der Waals surface area contributed by atoms with Crippen LogP contribution in [0.5, 0.6) is 0 Å². The molecule has 0 atom stereocenters. The Kier molecular flexibility index (Phi) is 4.52. The number of aromatic nitrogens is 1. The zero-order valence-electron chi connectivity index (χ0n) is 12.2. The van der Waals surface area contributed by atoms with E-state index in [0.29, 0.717) is 16.8 Å². The quantitative estimate of drug-likeness (QED) is 0.648. The van der Waals surface area contributed by atoms with E-state index < -0.39 is 17.7 Å². The van der Waals surface area contributed by atoms with Gasteiger partial charge in [0.25, 0.3) is 0 Å². The van der Waals surface area contributed by atoms with Crippen molar-refractivity contribution in [2.45, 2.75) is 6.04 Å². The summed E-state index contributed by atoms with van der Waals surface area (Å²) in [5.74, 6) is -0.835. The van der Waals surface area contributed by atoms with Crippen LogP contribution in [0.1, 0.15) is 22.9 Å². The van der Waals surface area contributed by atoms with Crippen LogP contribution < -0.4 is 0 Å². The maximum atomic E-state index is 14.2. The van der Waals surface area contributed by atoms with Crippen LogP contribution in [-0.2, 0) is 0 Å². The summed E-state index contributed by atoms with van der Waals surface area (Å²) in [6, 6.07) is 17.2. The fourth-order valence-electron chi connectivity index (χ4n) is 2.33. The minimum atomic E-state index is -0.764. The Balaban J connectivity index is 2.06. The molecule has 1 heterocycles. The highest BCUT2D eigenvalue weighted by Gasteiger charge is 2.19. The first-order chi connectivity index (χ1) is 11.3. The molecule has 0 fully saturated rings. The molecule has 0 saturated heterocycles. The van der Waals surface area contributed by atoms with Gasteiger partial charge in [-0.05, 0) is 24.3 Å². The molecule has 1 aromatic heterocycles. The van der Waals surface area contributed by atoms with Gasteiger partial charge < -0.3 is 0 Å². The van der Waals surface area contributed by atoms with Gasteiger partial charge in [0.2, 0.25) is 0 Å². The third-order valence-corrected chi connectivity index (χ3v) is 3.44. The van der Waals surface area contributed by atoms with E-state index in [-0.39, 0.29) is 0 Å². The topological polar surface area (TPSA) is 25.2 Å². The summed E-state index contributed by atoms with van der Waals surface area (Å²) in [4.78, 5) is 8.53. The molecule has 0 unspecified atom stereocenters. The second-order valence-corrected chi connectivity index (χ2v) is 4.98. The Morgan fingerprint density at radius 2 is 1.35 bits per heavy atom. The van der Waals surface area contributed by atoms with E-state index in [1.165, 1.54) is 18.3 Å². The minimum absolute atomic E-state index is 0.324. The first-order valence-electron chi connectivity index (χ1n) is 7.19. The van der Waals surface area contributed by atoms with Gasteiger partial charge in [-0.25, -0.2) is 8.78 Å². The molecule has 0 N–H and O–H groups in total. The maximum absolute atomic E-state index is 14.2. The minimum Gasteiger partial charge on any atom is -0.278 e. The van der Waals surface area contributed by atoms with Crippen molar-refractivity contribution in [1.29, 1.82) is 0 Å². The number of hydrogen-bond acceptors (Lipinski definition) is 2. The predicted octanol–water partition coefficient (Wildman–Crippen LogP) is 4.57. The highest BCUT2D eigenvalue weighted by molar-refractivity contribution is 5.77. The Morgan fingerprint density at radius 3 is 1.87 bits per heavy atom. The van der Waals surface area contributed by atoms with Gasteiger partial charge in [0.1, 0.15) is 17.7 Å². The summed E-state index contributed by atoms with van der Waals surface area (Å²) < 4.78 is 28.3.